The lowest BCUT2D eigenvalue weighted by atomic mass is 10.1. The van der Waals surface area contributed by atoms with Gasteiger partial charge in [0, 0.05) is 16.1 Å². The number of carboxylic acid groups (broad SMARTS) is 1. The van der Waals surface area contributed by atoms with Gasteiger partial charge in [-0.3, -0.25) is 9.89 Å². The third-order valence-corrected chi connectivity index (χ3v) is 4.43. The summed E-state index contributed by atoms with van der Waals surface area (Å²) in [5.74, 6) is -1.32. The molecule has 1 saturated carbocycles. The number of nitrogens with zero attached hydrogens (tertiary/aromatic N) is 2. The second-order valence-corrected chi connectivity index (χ2v) is 6.55. The number of amides is 1. The summed E-state index contributed by atoms with van der Waals surface area (Å²) in [6, 6.07) is 8.40. The molecule has 1 aromatic heterocycles. The highest BCUT2D eigenvalue weighted by atomic mass is 79.9. The number of hydrogen-bond donors (Lipinski definition) is 2. The van der Waals surface area contributed by atoms with Gasteiger partial charge in [0.25, 0.3) is 5.91 Å². The van der Waals surface area contributed by atoms with E-state index in [9.17, 15) is 14.7 Å². The van der Waals surface area contributed by atoms with Crippen LogP contribution in [0.5, 0.6) is 0 Å². The largest absolute Gasteiger partial charge is 0.480 e. The Morgan fingerprint density at radius 3 is 2.57 bits per heavy atom. The van der Waals surface area contributed by atoms with Crippen molar-refractivity contribution in [3.05, 3.63) is 40.5 Å². The Morgan fingerprint density at radius 1 is 1.35 bits per heavy atom. The predicted molar refractivity (Wildman–Crippen MR) is 88.0 cm³/mol. The van der Waals surface area contributed by atoms with E-state index >= 15 is 0 Å². The van der Waals surface area contributed by atoms with Gasteiger partial charge in [-0.15, -0.1) is 0 Å². The second kappa shape index (κ2) is 6.16. The Balaban J connectivity index is 1.85. The molecule has 0 saturated heterocycles. The lowest BCUT2D eigenvalue weighted by molar-refractivity contribution is -0.141. The number of halogens is 1. The zero-order valence-electron chi connectivity index (χ0n) is 12.5. The first-order chi connectivity index (χ1) is 11.0. The summed E-state index contributed by atoms with van der Waals surface area (Å²) >= 11 is 3.37. The number of rotatable bonds is 5. The highest BCUT2D eigenvalue weighted by Crippen LogP contribution is 2.30. The van der Waals surface area contributed by atoms with Crippen LogP contribution < -0.4 is 0 Å². The Kier molecular flexibility index (Phi) is 4.21. The van der Waals surface area contributed by atoms with Gasteiger partial charge in [-0.05, 0) is 38.0 Å². The van der Waals surface area contributed by atoms with Gasteiger partial charge in [0.2, 0.25) is 0 Å². The van der Waals surface area contributed by atoms with Crippen molar-refractivity contribution in [3.8, 4) is 11.3 Å². The van der Waals surface area contributed by atoms with E-state index in [2.05, 4.69) is 26.1 Å². The molecular formula is C16H16BrN3O3. The Labute approximate surface area is 141 Å². The second-order valence-electron chi connectivity index (χ2n) is 5.63. The predicted octanol–water partition coefficient (Wildman–Crippen LogP) is 2.92. The summed E-state index contributed by atoms with van der Waals surface area (Å²) in [5.41, 5.74) is 1.84. The van der Waals surface area contributed by atoms with E-state index in [-0.39, 0.29) is 11.9 Å². The minimum Gasteiger partial charge on any atom is -0.480 e. The fourth-order valence-electron chi connectivity index (χ4n) is 2.47. The van der Waals surface area contributed by atoms with Crippen LogP contribution in [-0.4, -0.2) is 44.2 Å². The van der Waals surface area contributed by atoms with Crippen LogP contribution in [0.1, 0.15) is 30.3 Å². The third kappa shape index (κ3) is 3.29. The van der Waals surface area contributed by atoms with E-state index in [1.807, 2.05) is 24.3 Å². The number of aliphatic carboxylic acids is 1. The first kappa shape index (κ1) is 15.7. The van der Waals surface area contributed by atoms with Crippen LogP contribution in [0, 0.1) is 0 Å². The molecule has 0 bridgehead atoms. The van der Waals surface area contributed by atoms with Crippen molar-refractivity contribution in [1.82, 2.24) is 15.1 Å². The number of benzene rings is 1. The number of aromatic nitrogens is 2. The Morgan fingerprint density at radius 2 is 2.00 bits per heavy atom. The summed E-state index contributed by atoms with van der Waals surface area (Å²) < 4.78 is 0.961. The topological polar surface area (TPSA) is 86.3 Å². The Bertz CT molecular complexity index is 737. The van der Waals surface area contributed by atoms with E-state index in [0.717, 1.165) is 22.9 Å². The average Bonchev–Trinajstić information content (AvgIpc) is 3.23. The van der Waals surface area contributed by atoms with Gasteiger partial charge in [-0.25, -0.2) is 4.79 Å². The third-order valence-electron chi connectivity index (χ3n) is 3.90. The van der Waals surface area contributed by atoms with Crippen LogP contribution in [0.3, 0.4) is 0 Å². The normalized spacial score (nSPS) is 15.2. The molecular weight excluding hydrogens is 362 g/mol. The summed E-state index contributed by atoms with van der Waals surface area (Å²) in [4.78, 5) is 25.3. The van der Waals surface area contributed by atoms with Crippen molar-refractivity contribution in [2.24, 2.45) is 0 Å². The van der Waals surface area contributed by atoms with Gasteiger partial charge in [-0.1, -0.05) is 28.1 Å². The van der Waals surface area contributed by atoms with E-state index in [1.165, 1.54) is 11.8 Å². The molecule has 1 amide bonds. The molecule has 0 radical (unpaired) electrons. The van der Waals surface area contributed by atoms with Crippen molar-refractivity contribution in [3.63, 3.8) is 0 Å². The number of aromatic amines is 1. The molecule has 120 valence electrons. The molecule has 0 aliphatic heterocycles. The summed E-state index contributed by atoms with van der Waals surface area (Å²) in [7, 11) is 0. The zero-order chi connectivity index (χ0) is 16.6. The molecule has 7 heteroatoms. The minimum absolute atomic E-state index is 0.00744. The number of carbonyl (C=O) groups is 2. The van der Waals surface area contributed by atoms with Crippen molar-refractivity contribution in [1.29, 1.82) is 0 Å². The first-order valence-electron chi connectivity index (χ1n) is 7.34. The van der Waals surface area contributed by atoms with Crippen molar-refractivity contribution >= 4 is 27.8 Å². The molecule has 1 heterocycles. The van der Waals surface area contributed by atoms with Gasteiger partial charge in [0.15, 0.2) is 0 Å². The van der Waals surface area contributed by atoms with E-state index in [4.69, 9.17) is 0 Å². The smallest absolute Gasteiger partial charge is 0.326 e. The molecule has 0 spiro atoms. The number of H-pyrrole nitrogens is 1. The summed E-state index contributed by atoms with van der Waals surface area (Å²) in [6.07, 6.45) is 1.69. The molecule has 6 nitrogen and oxygen atoms in total. The fraction of sp³-hybridized carbons (Fsp3) is 0.312. The minimum atomic E-state index is -1.00. The quantitative estimate of drug-likeness (QED) is 0.838. The standard InChI is InChI=1S/C16H16BrN3O3/c1-9(16(22)23)20(12-6-7-12)15(21)14-8-13(18-19-14)10-2-4-11(17)5-3-10/h2-5,8-9,12H,6-7H2,1H3,(H,18,19)(H,22,23). The molecule has 1 fully saturated rings. The van der Waals surface area contributed by atoms with Gasteiger partial charge in [0.1, 0.15) is 11.7 Å². The Hall–Kier alpha value is -2.15. The molecule has 23 heavy (non-hydrogen) atoms. The number of hydrogen-bond acceptors (Lipinski definition) is 3. The van der Waals surface area contributed by atoms with Crippen LogP contribution >= 0.6 is 15.9 Å². The number of carboxylic acids is 1. The fourth-order valence-corrected chi connectivity index (χ4v) is 2.73. The molecule has 2 aromatic rings. The molecule has 1 aliphatic rings. The van der Waals surface area contributed by atoms with Crippen LogP contribution in [-0.2, 0) is 4.79 Å². The van der Waals surface area contributed by atoms with E-state index < -0.39 is 12.0 Å². The van der Waals surface area contributed by atoms with Crippen LogP contribution in [0.4, 0.5) is 0 Å². The van der Waals surface area contributed by atoms with Gasteiger partial charge in [0.05, 0.1) is 5.69 Å². The van der Waals surface area contributed by atoms with Crippen molar-refractivity contribution in [2.75, 3.05) is 0 Å². The van der Waals surface area contributed by atoms with Crippen molar-refractivity contribution in [2.45, 2.75) is 31.8 Å². The molecule has 3 rings (SSSR count). The summed E-state index contributed by atoms with van der Waals surface area (Å²) in [5, 5.41) is 16.1. The van der Waals surface area contributed by atoms with Gasteiger partial charge >= 0.3 is 5.97 Å². The molecule has 1 aliphatic carbocycles. The monoisotopic (exact) mass is 377 g/mol. The highest BCUT2D eigenvalue weighted by molar-refractivity contribution is 9.10. The number of nitrogens with one attached hydrogen (secondary N) is 1. The van der Waals surface area contributed by atoms with E-state index in [0.29, 0.717) is 11.4 Å². The van der Waals surface area contributed by atoms with Gasteiger partial charge in [-0.2, -0.15) is 5.10 Å². The van der Waals surface area contributed by atoms with Crippen LogP contribution in [0.2, 0.25) is 0 Å². The number of carbonyl (C=O) groups excluding carboxylic acids is 1. The molecule has 1 unspecified atom stereocenters. The molecule has 1 aromatic carbocycles. The first-order valence-corrected chi connectivity index (χ1v) is 8.13. The maximum Gasteiger partial charge on any atom is 0.326 e. The van der Waals surface area contributed by atoms with Crippen LogP contribution in [0.15, 0.2) is 34.8 Å². The average molecular weight is 378 g/mol. The van der Waals surface area contributed by atoms with Crippen molar-refractivity contribution < 1.29 is 14.7 Å². The summed E-state index contributed by atoms with van der Waals surface area (Å²) in [6.45, 7) is 1.53. The van der Waals surface area contributed by atoms with E-state index in [1.54, 1.807) is 6.07 Å². The lowest BCUT2D eigenvalue weighted by Crippen LogP contribution is -2.44. The maximum absolute atomic E-state index is 12.7. The highest BCUT2D eigenvalue weighted by Gasteiger charge is 2.39. The zero-order valence-corrected chi connectivity index (χ0v) is 14.1. The maximum atomic E-state index is 12.7. The van der Waals surface area contributed by atoms with Gasteiger partial charge < -0.3 is 10.0 Å². The van der Waals surface area contributed by atoms with Crippen LogP contribution in [0.25, 0.3) is 11.3 Å². The lowest BCUT2D eigenvalue weighted by Gasteiger charge is -2.25. The molecule has 2 N–H and O–H groups in total. The molecule has 1 atom stereocenters. The SMILES string of the molecule is CC(C(=O)O)N(C(=O)c1cc(-c2ccc(Br)cc2)n[nH]1)C1CC1.